The molecule has 2 saturated carbocycles. The molecular formula is C11H21N. The van der Waals surface area contributed by atoms with Crippen LogP contribution in [0.25, 0.3) is 0 Å². The molecule has 0 amide bonds. The van der Waals surface area contributed by atoms with Gasteiger partial charge in [0.15, 0.2) is 0 Å². The van der Waals surface area contributed by atoms with Crippen molar-refractivity contribution in [3.05, 3.63) is 0 Å². The van der Waals surface area contributed by atoms with Crippen molar-refractivity contribution >= 4 is 0 Å². The van der Waals surface area contributed by atoms with Crippen LogP contribution < -0.4 is 5.32 Å². The first kappa shape index (κ1) is 8.55. The molecule has 2 atom stereocenters. The highest BCUT2D eigenvalue weighted by Crippen LogP contribution is 2.41. The topological polar surface area (TPSA) is 12.0 Å². The second kappa shape index (κ2) is 2.73. The fraction of sp³-hybridized carbons (Fsp3) is 1.00. The quantitative estimate of drug-likeness (QED) is 0.666. The van der Waals surface area contributed by atoms with Crippen LogP contribution in [-0.2, 0) is 0 Å². The molecule has 1 heteroatoms. The normalized spacial score (nSPS) is 40.2. The summed E-state index contributed by atoms with van der Waals surface area (Å²) in [6.45, 7) is 7.20. The van der Waals surface area contributed by atoms with Gasteiger partial charge in [0.05, 0.1) is 0 Å². The number of rotatable bonds is 2. The third-order valence-corrected chi connectivity index (χ3v) is 3.36. The van der Waals surface area contributed by atoms with Crippen LogP contribution in [0.1, 0.15) is 46.5 Å². The van der Waals surface area contributed by atoms with E-state index < -0.39 is 0 Å². The fourth-order valence-corrected chi connectivity index (χ4v) is 2.67. The van der Waals surface area contributed by atoms with Crippen LogP contribution in [0.4, 0.5) is 0 Å². The van der Waals surface area contributed by atoms with E-state index >= 15 is 0 Å². The largest absolute Gasteiger partial charge is 0.311 e. The fourth-order valence-electron chi connectivity index (χ4n) is 2.67. The Balaban J connectivity index is 1.89. The Morgan fingerprint density at radius 3 is 2.25 bits per heavy atom. The lowest BCUT2D eigenvalue weighted by atomic mass is 9.91. The lowest BCUT2D eigenvalue weighted by molar-refractivity contribution is 0.362. The average molecular weight is 167 g/mol. The Morgan fingerprint density at radius 1 is 1.17 bits per heavy atom. The van der Waals surface area contributed by atoms with Crippen molar-refractivity contribution in [2.45, 2.75) is 58.5 Å². The van der Waals surface area contributed by atoms with Crippen molar-refractivity contribution in [2.24, 2.45) is 11.3 Å². The summed E-state index contributed by atoms with van der Waals surface area (Å²) in [4.78, 5) is 0. The second-order valence-corrected chi connectivity index (χ2v) is 5.60. The first-order valence-electron chi connectivity index (χ1n) is 5.33. The molecular weight excluding hydrogens is 146 g/mol. The van der Waals surface area contributed by atoms with Crippen molar-refractivity contribution < 1.29 is 0 Å². The number of hydrogen-bond acceptors (Lipinski definition) is 1. The maximum atomic E-state index is 3.76. The average Bonchev–Trinajstić information content (AvgIpc) is 2.63. The molecule has 0 bridgehead atoms. The molecule has 2 aliphatic rings. The highest BCUT2D eigenvalue weighted by Gasteiger charge is 2.38. The van der Waals surface area contributed by atoms with Gasteiger partial charge in [0.2, 0.25) is 0 Å². The van der Waals surface area contributed by atoms with Crippen molar-refractivity contribution in [3.8, 4) is 0 Å². The Kier molecular flexibility index (Phi) is 1.95. The second-order valence-electron chi connectivity index (χ2n) is 5.60. The molecule has 1 nitrogen and oxygen atoms in total. The summed E-state index contributed by atoms with van der Waals surface area (Å²) in [7, 11) is 0. The van der Waals surface area contributed by atoms with E-state index in [9.17, 15) is 0 Å². The minimum absolute atomic E-state index is 0.589. The van der Waals surface area contributed by atoms with Gasteiger partial charge in [-0.1, -0.05) is 20.8 Å². The van der Waals surface area contributed by atoms with Crippen molar-refractivity contribution in [3.63, 3.8) is 0 Å². The molecule has 0 aromatic heterocycles. The molecule has 2 aliphatic carbocycles. The predicted molar refractivity (Wildman–Crippen MR) is 52.1 cm³/mol. The molecule has 0 aromatic rings. The molecule has 0 saturated heterocycles. The Labute approximate surface area is 75.9 Å². The minimum Gasteiger partial charge on any atom is -0.311 e. The molecule has 0 spiro atoms. The summed E-state index contributed by atoms with van der Waals surface area (Å²) in [6, 6.07) is 1.69. The van der Waals surface area contributed by atoms with Gasteiger partial charge in [-0.2, -0.15) is 0 Å². The zero-order valence-corrected chi connectivity index (χ0v) is 8.56. The zero-order chi connectivity index (χ0) is 8.77. The van der Waals surface area contributed by atoms with Gasteiger partial charge in [-0.15, -0.1) is 0 Å². The standard InChI is InChI=1S/C11H21N/c1-8-6-11(2,3)7-10(8)12-9-4-5-9/h8-10,12H,4-7H2,1-3H3. The van der Waals surface area contributed by atoms with Crippen LogP contribution in [0.3, 0.4) is 0 Å². The van der Waals surface area contributed by atoms with E-state index in [-0.39, 0.29) is 0 Å². The van der Waals surface area contributed by atoms with E-state index in [1.807, 2.05) is 0 Å². The van der Waals surface area contributed by atoms with E-state index in [0.29, 0.717) is 5.41 Å². The van der Waals surface area contributed by atoms with E-state index in [1.54, 1.807) is 0 Å². The Hall–Kier alpha value is -0.0400. The lowest BCUT2D eigenvalue weighted by Gasteiger charge is -2.18. The molecule has 12 heavy (non-hydrogen) atoms. The van der Waals surface area contributed by atoms with Gasteiger partial charge in [-0.3, -0.25) is 0 Å². The van der Waals surface area contributed by atoms with E-state index in [4.69, 9.17) is 0 Å². The number of nitrogens with one attached hydrogen (secondary N) is 1. The first-order chi connectivity index (χ1) is 5.57. The predicted octanol–water partition coefficient (Wildman–Crippen LogP) is 2.56. The van der Waals surface area contributed by atoms with Crippen LogP contribution in [0.5, 0.6) is 0 Å². The monoisotopic (exact) mass is 167 g/mol. The maximum absolute atomic E-state index is 3.76. The van der Waals surface area contributed by atoms with Crippen LogP contribution in [0, 0.1) is 11.3 Å². The molecule has 2 fully saturated rings. The van der Waals surface area contributed by atoms with Crippen LogP contribution in [-0.4, -0.2) is 12.1 Å². The molecule has 1 N–H and O–H groups in total. The highest BCUT2D eigenvalue weighted by atomic mass is 15.0. The van der Waals surface area contributed by atoms with Crippen LogP contribution in [0.2, 0.25) is 0 Å². The van der Waals surface area contributed by atoms with Crippen LogP contribution in [0.15, 0.2) is 0 Å². The van der Waals surface area contributed by atoms with E-state index in [0.717, 1.165) is 18.0 Å². The molecule has 0 radical (unpaired) electrons. The SMILES string of the molecule is CC1CC(C)(C)CC1NC1CC1. The molecule has 2 unspecified atom stereocenters. The zero-order valence-electron chi connectivity index (χ0n) is 8.56. The molecule has 0 heterocycles. The molecule has 0 aliphatic heterocycles. The van der Waals surface area contributed by atoms with Gasteiger partial charge in [-0.25, -0.2) is 0 Å². The summed E-state index contributed by atoms with van der Waals surface area (Å²) in [5.41, 5.74) is 0.589. The highest BCUT2D eigenvalue weighted by molar-refractivity contribution is 4.95. The van der Waals surface area contributed by atoms with Gasteiger partial charge in [-0.05, 0) is 37.0 Å². The summed E-state index contributed by atoms with van der Waals surface area (Å²) in [5.74, 6) is 0.889. The first-order valence-corrected chi connectivity index (χ1v) is 5.33. The van der Waals surface area contributed by atoms with Crippen molar-refractivity contribution in [2.75, 3.05) is 0 Å². The van der Waals surface area contributed by atoms with Gasteiger partial charge >= 0.3 is 0 Å². The van der Waals surface area contributed by atoms with Gasteiger partial charge < -0.3 is 5.32 Å². The molecule has 70 valence electrons. The summed E-state index contributed by atoms with van der Waals surface area (Å²) in [6.07, 6.45) is 5.62. The summed E-state index contributed by atoms with van der Waals surface area (Å²) < 4.78 is 0. The Bertz CT molecular complexity index is 170. The minimum atomic E-state index is 0.589. The summed E-state index contributed by atoms with van der Waals surface area (Å²) in [5, 5.41) is 3.76. The molecule has 2 rings (SSSR count). The Morgan fingerprint density at radius 2 is 1.83 bits per heavy atom. The smallest absolute Gasteiger partial charge is 0.0101 e. The lowest BCUT2D eigenvalue weighted by Crippen LogP contribution is -2.33. The summed E-state index contributed by atoms with van der Waals surface area (Å²) >= 11 is 0. The third-order valence-electron chi connectivity index (χ3n) is 3.36. The van der Waals surface area contributed by atoms with Gasteiger partial charge in [0.25, 0.3) is 0 Å². The molecule has 0 aromatic carbocycles. The van der Waals surface area contributed by atoms with E-state index in [2.05, 4.69) is 26.1 Å². The number of hydrogen-bond donors (Lipinski definition) is 1. The van der Waals surface area contributed by atoms with Crippen molar-refractivity contribution in [1.29, 1.82) is 0 Å². The van der Waals surface area contributed by atoms with Crippen LogP contribution >= 0.6 is 0 Å². The maximum Gasteiger partial charge on any atom is 0.0101 e. The van der Waals surface area contributed by atoms with Gasteiger partial charge in [0, 0.05) is 12.1 Å². The third kappa shape index (κ3) is 1.82. The van der Waals surface area contributed by atoms with Gasteiger partial charge in [0.1, 0.15) is 0 Å². The van der Waals surface area contributed by atoms with E-state index in [1.165, 1.54) is 25.7 Å². The van der Waals surface area contributed by atoms with Crippen molar-refractivity contribution in [1.82, 2.24) is 5.32 Å².